The standard InChI is InChI=1S/C18H26N2O3/c1-13(14-9-7-6-8-10-14)20(5)15(21)18(11-12-18)19-16(22)23-17(2,3)4/h6-10,13H,11-12H2,1-5H3,(H,19,22)/t13-/m1/s1. The van der Waals surface area contributed by atoms with Crippen molar-refractivity contribution in [3.8, 4) is 0 Å². The fourth-order valence-corrected chi connectivity index (χ4v) is 2.48. The van der Waals surface area contributed by atoms with Gasteiger partial charge in [0, 0.05) is 7.05 Å². The fourth-order valence-electron chi connectivity index (χ4n) is 2.48. The largest absolute Gasteiger partial charge is 0.444 e. The second-order valence-corrected chi connectivity index (χ2v) is 7.21. The molecule has 5 nitrogen and oxygen atoms in total. The van der Waals surface area contributed by atoms with Gasteiger partial charge < -0.3 is 15.0 Å². The molecule has 1 saturated carbocycles. The van der Waals surface area contributed by atoms with Crippen LogP contribution in [0.1, 0.15) is 52.1 Å². The number of likely N-dealkylation sites (N-methyl/N-ethyl adjacent to an activating group) is 1. The number of nitrogens with one attached hydrogen (secondary N) is 1. The molecule has 126 valence electrons. The van der Waals surface area contributed by atoms with Crippen LogP contribution in [0.3, 0.4) is 0 Å². The van der Waals surface area contributed by atoms with E-state index >= 15 is 0 Å². The van der Waals surface area contributed by atoms with Crippen molar-refractivity contribution in [3.63, 3.8) is 0 Å². The number of hydrogen-bond acceptors (Lipinski definition) is 3. The lowest BCUT2D eigenvalue weighted by Gasteiger charge is -2.30. The number of hydrogen-bond donors (Lipinski definition) is 1. The molecule has 1 aliphatic carbocycles. The molecule has 0 radical (unpaired) electrons. The van der Waals surface area contributed by atoms with E-state index in [1.54, 1.807) is 32.7 Å². The van der Waals surface area contributed by atoms with Crippen LogP contribution in [0.25, 0.3) is 0 Å². The molecule has 0 aromatic heterocycles. The van der Waals surface area contributed by atoms with Gasteiger partial charge in [-0.2, -0.15) is 0 Å². The van der Waals surface area contributed by atoms with Gasteiger partial charge in [-0.15, -0.1) is 0 Å². The van der Waals surface area contributed by atoms with Crippen LogP contribution in [-0.4, -0.2) is 35.1 Å². The number of benzene rings is 1. The van der Waals surface area contributed by atoms with Crippen molar-refractivity contribution in [1.29, 1.82) is 0 Å². The van der Waals surface area contributed by atoms with Crippen molar-refractivity contribution in [2.75, 3.05) is 7.05 Å². The fraction of sp³-hybridized carbons (Fsp3) is 0.556. The Bertz CT molecular complexity index is 574. The maximum Gasteiger partial charge on any atom is 0.408 e. The Morgan fingerprint density at radius 3 is 2.26 bits per heavy atom. The number of carbonyl (C=O) groups is 2. The average molecular weight is 318 g/mol. The van der Waals surface area contributed by atoms with Crippen molar-refractivity contribution >= 4 is 12.0 Å². The summed E-state index contributed by atoms with van der Waals surface area (Å²) in [7, 11) is 1.77. The van der Waals surface area contributed by atoms with Gasteiger partial charge in [0.1, 0.15) is 11.1 Å². The molecule has 2 amide bonds. The summed E-state index contributed by atoms with van der Waals surface area (Å²) in [5, 5.41) is 2.76. The highest BCUT2D eigenvalue weighted by molar-refractivity contribution is 5.93. The Morgan fingerprint density at radius 2 is 1.78 bits per heavy atom. The Labute approximate surface area is 138 Å². The van der Waals surface area contributed by atoms with Crippen LogP contribution in [0.4, 0.5) is 4.79 Å². The number of carbonyl (C=O) groups excluding carboxylic acids is 2. The van der Waals surface area contributed by atoms with E-state index in [9.17, 15) is 9.59 Å². The van der Waals surface area contributed by atoms with E-state index in [4.69, 9.17) is 4.74 Å². The molecule has 1 aliphatic rings. The third-order valence-electron chi connectivity index (χ3n) is 4.08. The zero-order chi connectivity index (χ0) is 17.3. The highest BCUT2D eigenvalue weighted by Crippen LogP contribution is 2.39. The summed E-state index contributed by atoms with van der Waals surface area (Å²) in [4.78, 5) is 26.5. The Hall–Kier alpha value is -2.04. The Morgan fingerprint density at radius 1 is 1.22 bits per heavy atom. The molecular formula is C18H26N2O3. The van der Waals surface area contributed by atoms with Crippen molar-refractivity contribution in [2.24, 2.45) is 0 Å². The molecule has 1 aromatic carbocycles. The van der Waals surface area contributed by atoms with Crippen LogP contribution in [-0.2, 0) is 9.53 Å². The van der Waals surface area contributed by atoms with E-state index in [1.807, 2.05) is 37.3 Å². The normalized spacial score (nSPS) is 17.1. The van der Waals surface area contributed by atoms with E-state index in [0.29, 0.717) is 12.8 Å². The van der Waals surface area contributed by atoms with Crippen molar-refractivity contribution in [2.45, 2.75) is 57.7 Å². The summed E-state index contributed by atoms with van der Waals surface area (Å²) >= 11 is 0. The third kappa shape index (κ3) is 4.24. The zero-order valence-electron chi connectivity index (χ0n) is 14.6. The Kier molecular flexibility index (Phi) is 4.68. The lowest BCUT2D eigenvalue weighted by molar-refractivity contribution is -0.135. The van der Waals surface area contributed by atoms with E-state index < -0.39 is 17.2 Å². The number of rotatable bonds is 4. The first-order chi connectivity index (χ1) is 10.6. The molecule has 2 rings (SSSR count). The summed E-state index contributed by atoms with van der Waals surface area (Å²) in [6.07, 6.45) is 0.762. The molecule has 23 heavy (non-hydrogen) atoms. The topological polar surface area (TPSA) is 58.6 Å². The van der Waals surface area contributed by atoms with Gasteiger partial charge in [-0.1, -0.05) is 30.3 Å². The van der Waals surface area contributed by atoms with Crippen molar-refractivity contribution in [1.82, 2.24) is 10.2 Å². The zero-order valence-corrected chi connectivity index (χ0v) is 14.6. The quantitative estimate of drug-likeness (QED) is 0.927. The third-order valence-corrected chi connectivity index (χ3v) is 4.08. The van der Waals surface area contributed by atoms with Crippen molar-refractivity contribution < 1.29 is 14.3 Å². The minimum Gasteiger partial charge on any atom is -0.444 e. The van der Waals surface area contributed by atoms with Crippen LogP contribution in [0.5, 0.6) is 0 Å². The molecule has 1 N–H and O–H groups in total. The van der Waals surface area contributed by atoms with Crippen LogP contribution < -0.4 is 5.32 Å². The summed E-state index contributed by atoms with van der Waals surface area (Å²) in [6, 6.07) is 9.79. The summed E-state index contributed by atoms with van der Waals surface area (Å²) < 4.78 is 5.27. The second-order valence-electron chi connectivity index (χ2n) is 7.21. The first-order valence-corrected chi connectivity index (χ1v) is 7.98. The molecule has 1 fully saturated rings. The molecule has 0 unspecified atom stereocenters. The lowest BCUT2D eigenvalue weighted by atomic mass is 10.1. The first-order valence-electron chi connectivity index (χ1n) is 7.98. The minimum atomic E-state index is -0.805. The van der Waals surface area contributed by atoms with E-state index in [-0.39, 0.29) is 11.9 Å². The monoisotopic (exact) mass is 318 g/mol. The van der Waals surface area contributed by atoms with E-state index in [2.05, 4.69) is 5.32 Å². The van der Waals surface area contributed by atoms with Crippen LogP contribution in [0, 0.1) is 0 Å². The maximum absolute atomic E-state index is 12.8. The first kappa shape index (κ1) is 17.3. The Balaban J connectivity index is 2.03. The summed E-state index contributed by atoms with van der Waals surface area (Å²) in [5.41, 5.74) is -0.316. The van der Waals surface area contributed by atoms with Gasteiger partial charge in [0.2, 0.25) is 5.91 Å². The van der Waals surface area contributed by atoms with Crippen molar-refractivity contribution in [3.05, 3.63) is 35.9 Å². The smallest absolute Gasteiger partial charge is 0.408 e. The predicted molar refractivity (Wildman–Crippen MR) is 89.0 cm³/mol. The van der Waals surface area contributed by atoms with Gasteiger partial charge in [0.15, 0.2) is 0 Å². The number of ether oxygens (including phenoxy) is 1. The number of amides is 2. The average Bonchev–Trinajstić information content (AvgIpc) is 3.24. The SMILES string of the molecule is C[C@H](c1ccccc1)N(C)C(=O)C1(NC(=O)OC(C)(C)C)CC1. The lowest BCUT2D eigenvalue weighted by Crippen LogP contribution is -2.51. The molecule has 1 aromatic rings. The van der Waals surface area contributed by atoms with E-state index in [0.717, 1.165) is 5.56 Å². The molecule has 0 bridgehead atoms. The van der Waals surface area contributed by atoms with Gasteiger partial charge in [-0.3, -0.25) is 4.79 Å². The molecule has 5 heteroatoms. The number of nitrogens with zero attached hydrogens (tertiary/aromatic N) is 1. The molecule has 0 aliphatic heterocycles. The van der Waals surface area contributed by atoms with Gasteiger partial charge in [-0.25, -0.2) is 4.79 Å². The molecule has 0 heterocycles. The van der Waals surface area contributed by atoms with Gasteiger partial charge in [-0.05, 0) is 46.1 Å². The van der Waals surface area contributed by atoms with Gasteiger partial charge in [0.25, 0.3) is 0 Å². The number of alkyl carbamates (subject to hydrolysis) is 1. The highest BCUT2D eigenvalue weighted by atomic mass is 16.6. The highest BCUT2D eigenvalue weighted by Gasteiger charge is 2.53. The maximum atomic E-state index is 12.8. The molecule has 1 atom stereocenters. The molecular weight excluding hydrogens is 292 g/mol. The van der Waals surface area contributed by atoms with Crippen LogP contribution >= 0.6 is 0 Å². The van der Waals surface area contributed by atoms with Crippen LogP contribution in [0.2, 0.25) is 0 Å². The summed E-state index contributed by atoms with van der Waals surface area (Å²) in [5.74, 6) is -0.0697. The molecule has 0 saturated heterocycles. The van der Waals surface area contributed by atoms with Crippen LogP contribution in [0.15, 0.2) is 30.3 Å². The second kappa shape index (κ2) is 6.22. The van der Waals surface area contributed by atoms with E-state index in [1.165, 1.54) is 0 Å². The van der Waals surface area contributed by atoms with Gasteiger partial charge >= 0.3 is 6.09 Å². The molecule has 0 spiro atoms. The minimum absolute atomic E-state index is 0.0541. The predicted octanol–water partition coefficient (Wildman–Crippen LogP) is 3.26. The van der Waals surface area contributed by atoms with Gasteiger partial charge in [0.05, 0.1) is 6.04 Å². The summed E-state index contributed by atoms with van der Waals surface area (Å²) in [6.45, 7) is 7.39.